The maximum Gasteiger partial charge on any atom is 0.230 e. The highest BCUT2D eigenvalue weighted by Gasteiger charge is 2.24. The van der Waals surface area contributed by atoms with Gasteiger partial charge >= 0.3 is 0 Å². The lowest BCUT2D eigenvalue weighted by atomic mass is 10.2. The number of halogens is 1. The Balaban J connectivity index is 0.000000164. The predicted molar refractivity (Wildman–Crippen MR) is 75.2 cm³/mol. The zero-order chi connectivity index (χ0) is 15.0. The molecule has 0 atom stereocenters. The van der Waals surface area contributed by atoms with Gasteiger partial charge < -0.3 is 0 Å². The van der Waals surface area contributed by atoms with Gasteiger partial charge in [-0.2, -0.15) is 5.10 Å². The first kappa shape index (κ1) is 16.3. The monoisotopic (exact) mass is 299 g/mol. The summed E-state index contributed by atoms with van der Waals surface area (Å²) in [6.45, 7) is 1.88. The minimum atomic E-state index is -0.123. The molecule has 1 amide bonds. The lowest BCUT2D eigenvalue weighted by Gasteiger charge is -1.84. The van der Waals surface area contributed by atoms with E-state index in [0.29, 0.717) is 0 Å². The first-order valence-corrected chi connectivity index (χ1v) is 6.97. The van der Waals surface area contributed by atoms with Gasteiger partial charge in [-0.15, -0.1) is 11.3 Å². The number of hydroxylamine groups is 1. The fraction of sp³-hybridized carbons (Fsp3) is 0.385. The summed E-state index contributed by atoms with van der Waals surface area (Å²) < 4.78 is 13.8. The summed E-state index contributed by atoms with van der Waals surface area (Å²) >= 11 is 1.43. The SMILES string of the molecule is Cc1cc(F)cs1.Cn1cc(C2CC2)cn1.O=CNO. The molecule has 0 bridgehead atoms. The minimum absolute atomic E-state index is 0.123. The van der Waals surface area contributed by atoms with Crippen molar-refractivity contribution in [3.05, 3.63) is 40.1 Å². The number of carbonyl (C=O) groups is 1. The van der Waals surface area contributed by atoms with Gasteiger partial charge in [-0.1, -0.05) is 0 Å². The standard InChI is InChI=1S/C7H10N2.C5H5FS.CH3NO2/c1-9-5-7(4-8-9)6-2-3-6;1-4-2-5(6)3-7-4;3-1-2-4/h4-6H,2-3H2,1H3;2-3H,1H3;1,4H,(H,2,3). The molecular formula is C13H18FN3O2S. The van der Waals surface area contributed by atoms with Crippen molar-refractivity contribution < 1.29 is 14.4 Å². The van der Waals surface area contributed by atoms with Gasteiger partial charge in [0.05, 0.1) is 6.20 Å². The molecule has 0 radical (unpaired) electrons. The number of rotatable bonds is 2. The number of carbonyl (C=O) groups excluding carboxylic acids is 1. The van der Waals surface area contributed by atoms with Crippen LogP contribution < -0.4 is 5.48 Å². The van der Waals surface area contributed by atoms with Crippen LogP contribution in [0.4, 0.5) is 4.39 Å². The summed E-state index contributed by atoms with van der Waals surface area (Å²) in [4.78, 5) is 9.84. The van der Waals surface area contributed by atoms with Gasteiger partial charge in [0.25, 0.3) is 0 Å². The highest BCUT2D eigenvalue weighted by atomic mass is 32.1. The average Bonchev–Trinajstić information content (AvgIpc) is 3.09. The molecule has 0 aliphatic heterocycles. The van der Waals surface area contributed by atoms with Crippen LogP contribution in [-0.2, 0) is 11.8 Å². The Kier molecular flexibility index (Phi) is 6.89. The van der Waals surface area contributed by atoms with Crippen molar-refractivity contribution in [1.29, 1.82) is 0 Å². The second-order valence-corrected chi connectivity index (χ2v) is 5.46. The minimum Gasteiger partial charge on any atom is -0.289 e. The highest BCUT2D eigenvalue weighted by molar-refractivity contribution is 7.09. The fourth-order valence-electron chi connectivity index (χ4n) is 1.48. The normalized spacial score (nSPS) is 12.6. The van der Waals surface area contributed by atoms with Crippen LogP contribution in [0.1, 0.15) is 29.2 Å². The van der Waals surface area contributed by atoms with E-state index in [1.165, 1.54) is 46.7 Å². The maximum absolute atomic E-state index is 11.9. The Morgan fingerprint density at radius 2 is 2.25 bits per heavy atom. The summed E-state index contributed by atoms with van der Waals surface area (Å²) in [6, 6.07) is 1.52. The molecule has 2 heterocycles. The molecule has 7 heteroatoms. The second-order valence-electron chi connectivity index (χ2n) is 4.34. The van der Waals surface area contributed by atoms with E-state index in [4.69, 9.17) is 10.0 Å². The van der Waals surface area contributed by atoms with Gasteiger partial charge in [0.2, 0.25) is 6.41 Å². The van der Waals surface area contributed by atoms with Crippen LogP contribution in [-0.4, -0.2) is 21.4 Å². The van der Waals surface area contributed by atoms with E-state index in [1.54, 1.807) is 0 Å². The Hall–Kier alpha value is -1.73. The molecule has 20 heavy (non-hydrogen) atoms. The number of aromatic nitrogens is 2. The van der Waals surface area contributed by atoms with Crippen LogP contribution in [0.25, 0.3) is 0 Å². The molecule has 110 valence electrons. The summed E-state index contributed by atoms with van der Waals surface area (Å²) in [5.74, 6) is 0.723. The third-order valence-electron chi connectivity index (χ3n) is 2.52. The van der Waals surface area contributed by atoms with Crippen molar-refractivity contribution >= 4 is 17.7 Å². The third-order valence-corrected chi connectivity index (χ3v) is 3.36. The largest absolute Gasteiger partial charge is 0.289 e. The quantitative estimate of drug-likeness (QED) is 0.509. The maximum atomic E-state index is 11.9. The summed E-state index contributed by atoms with van der Waals surface area (Å²) in [6.07, 6.45) is 6.99. The van der Waals surface area contributed by atoms with Crippen molar-refractivity contribution in [3.8, 4) is 0 Å². The molecule has 1 fully saturated rings. The van der Waals surface area contributed by atoms with E-state index in [1.807, 2.05) is 24.9 Å². The Labute approximate surface area is 121 Å². The van der Waals surface area contributed by atoms with Crippen molar-refractivity contribution in [2.45, 2.75) is 25.7 Å². The fourth-order valence-corrected chi connectivity index (χ4v) is 2.03. The number of nitrogens with one attached hydrogen (secondary N) is 1. The van der Waals surface area contributed by atoms with Crippen molar-refractivity contribution in [1.82, 2.24) is 15.3 Å². The Bertz CT molecular complexity index is 507. The molecule has 0 unspecified atom stereocenters. The van der Waals surface area contributed by atoms with Gasteiger partial charge in [0.1, 0.15) is 5.82 Å². The highest BCUT2D eigenvalue weighted by Crippen LogP contribution is 2.39. The van der Waals surface area contributed by atoms with Crippen molar-refractivity contribution in [3.63, 3.8) is 0 Å². The lowest BCUT2D eigenvalue weighted by Crippen LogP contribution is -1.99. The number of amides is 1. The first-order chi connectivity index (χ1) is 9.56. The van der Waals surface area contributed by atoms with Gasteiger partial charge in [-0.25, -0.2) is 9.87 Å². The molecule has 2 aromatic heterocycles. The zero-order valence-electron chi connectivity index (χ0n) is 11.4. The van der Waals surface area contributed by atoms with E-state index in [2.05, 4.69) is 11.3 Å². The molecule has 1 saturated carbocycles. The number of hydrogen-bond acceptors (Lipinski definition) is 4. The van der Waals surface area contributed by atoms with E-state index < -0.39 is 0 Å². The lowest BCUT2D eigenvalue weighted by molar-refractivity contribution is -0.116. The van der Waals surface area contributed by atoms with E-state index in [0.717, 1.165) is 10.8 Å². The molecule has 0 aromatic carbocycles. The number of thiophene rings is 1. The summed E-state index contributed by atoms with van der Waals surface area (Å²) in [7, 11) is 1.96. The molecule has 5 nitrogen and oxygen atoms in total. The number of hydrogen-bond donors (Lipinski definition) is 2. The summed E-state index contributed by atoms with van der Waals surface area (Å²) in [5.41, 5.74) is 2.66. The number of nitrogens with zero attached hydrogens (tertiary/aromatic N) is 2. The van der Waals surface area contributed by atoms with Gasteiger partial charge in [-0.05, 0) is 37.3 Å². The molecular weight excluding hydrogens is 281 g/mol. The van der Waals surface area contributed by atoms with E-state index in [-0.39, 0.29) is 12.2 Å². The Morgan fingerprint density at radius 1 is 1.60 bits per heavy atom. The topological polar surface area (TPSA) is 67.2 Å². The second kappa shape index (κ2) is 8.44. The van der Waals surface area contributed by atoms with Crippen molar-refractivity contribution in [2.75, 3.05) is 0 Å². The predicted octanol–water partition coefficient (Wildman–Crippen LogP) is 2.61. The molecule has 2 aromatic rings. The molecule has 0 spiro atoms. The van der Waals surface area contributed by atoms with Crippen LogP contribution in [0.15, 0.2) is 23.8 Å². The van der Waals surface area contributed by atoms with Gasteiger partial charge in [0.15, 0.2) is 0 Å². The van der Waals surface area contributed by atoms with Crippen LogP contribution in [0.5, 0.6) is 0 Å². The Morgan fingerprint density at radius 3 is 2.50 bits per heavy atom. The molecule has 3 rings (SSSR count). The van der Waals surface area contributed by atoms with Crippen LogP contribution in [0.2, 0.25) is 0 Å². The van der Waals surface area contributed by atoms with Crippen molar-refractivity contribution in [2.24, 2.45) is 7.05 Å². The zero-order valence-corrected chi connectivity index (χ0v) is 12.2. The molecule has 1 aliphatic carbocycles. The third kappa shape index (κ3) is 6.44. The average molecular weight is 299 g/mol. The van der Waals surface area contributed by atoms with E-state index in [9.17, 15) is 4.39 Å². The first-order valence-electron chi connectivity index (χ1n) is 6.09. The molecule has 1 aliphatic rings. The van der Waals surface area contributed by atoms with Crippen LogP contribution in [0, 0.1) is 12.7 Å². The number of aryl methyl sites for hydroxylation is 2. The molecule has 2 N–H and O–H groups in total. The van der Waals surface area contributed by atoms with Crippen LogP contribution in [0.3, 0.4) is 0 Å². The summed E-state index contributed by atoms with van der Waals surface area (Å²) in [5, 5.41) is 12.8. The smallest absolute Gasteiger partial charge is 0.230 e. The van der Waals surface area contributed by atoms with E-state index >= 15 is 0 Å². The molecule has 0 saturated heterocycles. The van der Waals surface area contributed by atoms with Crippen LogP contribution >= 0.6 is 11.3 Å². The van der Waals surface area contributed by atoms with Gasteiger partial charge in [-0.3, -0.25) is 14.7 Å². The van der Waals surface area contributed by atoms with Gasteiger partial charge in [0, 0.05) is 23.5 Å².